The van der Waals surface area contributed by atoms with Gasteiger partial charge in [0, 0.05) is 44.7 Å². The van der Waals surface area contributed by atoms with E-state index in [-0.39, 0.29) is 11.9 Å². The van der Waals surface area contributed by atoms with Crippen molar-refractivity contribution >= 4 is 17.7 Å². The molecule has 88 valence electrons. The average Bonchev–Trinajstić information content (AvgIpc) is 2.27. The molecule has 0 bridgehead atoms. The molecular formula is C10H16N4OS. The molecule has 1 aromatic heterocycles. The Morgan fingerprint density at radius 1 is 1.50 bits per heavy atom. The molecule has 1 amide bonds. The molecule has 0 aliphatic carbocycles. The fraction of sp³-hybridized carbons (Fsp3) is 0.500. The maximum Gasteiger partial charge on any atom is 0.223 e. The van der Waals surface area contributed by atoms with E-state index in [2.05, 4.69) is 9.97 Å². The first kappa shape index (κ1) is 12.9. The minimum absolute atomic E-state index is 0.0436. The number of thioether (sulfide) groups is 1. The van der Waals surface area contributed by atoms with Gasteiger partial charge >= 0.3 is 0 Å². The second-order valence-corrected chi connectivity index (χ2v) is 4.58. The molecule has 0 unspecified atom stereocenters. The molecule has 0 fully saturated rings. The van der Waals surface area contributed by atoms with Gasteiger partial charge in [-0.25, -0.2) is 9.97 Å². The van der Waals surface area contributed by atoms with E-state index >= 15 is 0 Å². The van der Waals surface area contributed by atoms with Crippen molar-refractivity contribution in [2.24, 2.45) is 5.73 Å². The molecule has 0 aromatic carbocycles. The summed E-state index contributed by atoms with van der Waals surface area (Å²) in [5.74, 6) is 0.686. The van der Waals surface area contributed by atoms with Gasteiger partial charge in [0.15, 0.2) is 5.16 Å². The molecule has 16 heavy (non-hydrogen) atoms. The summed E-state index contributed by atoms with van der Waals surface area (Å²) in [4.78, 5) is 21.0. The van der Waals surface area contributed by atoms with E-state index in [9.17, 15) is 4.79 Å². The number of aromatic nitrogens is 2. The minimum atomic E-state index is -0.163. The monoisotopic (exact) mass is 240 g/mol. The van der Waals surface area contributed by atoms with E-state index in [0.29, 0.717) is 17.3 Å². The maximum atomic E-state index is 11.4. The highest BCUT2D eigenvalue weighted by atomic mass is 32.2. The lowest BCUT2D eigenvalue weighted by molar-refractivity contribution is -0.128. The van der Waals surface area contributed by atoms with Crippen LogP contribution in [0.1, 0.15) is 6.42 Å². The summed E-state index contributed by atoms with van der Waals surface area (Å²) in [6, 6.07) is 1.60. The van der Waals surface area contributed by atoms with Gasteiger partial charge in [0.05, 0.1) is 0 Å². The van der Waals surface area contributed by atoms with Crippen LogP contribution in [0.2, 0.25) is 0 Å². The molecule has 1 heterocycles. The highest BCUT2D eigenvalue weighted by molar-refractivity contribution is 7.99. The standard InChI is InChI=1S/C10H16N4OS/c1-14(2)9(15)6-8(11)7-16-10-12-4-3-5-13-10/h3-5,8H,6-7,11H2,1-2H3/t8-/m1/s1. The summed E-state index contributed by atoms with van der Waals surface area (Å²) in [7, 11) is 3.45. The van der Waals surface area contributed by atoms with Gasteiger partial charge in [-0.15, -0.1) is 0 Å². The molecule has 0 saturated heterocycles. The average molecular weight is 240 g/mol. The van der Waals surface area contributed by atoms with Crippen LogP contribution in [0, 0.1) is 0 Å². The smallest absolute Gasteiger partial charge is 0.223 e. The first-order chi connectivity index (χ1) is 7.59. The van der Waals surface area contributed by atoms with Crippen molar-refractivity contribution in [3.05, 3.63) is 18.5 Å². The van der Waals surface area contributed by atoms with E-state index in [1.807, 2.05) is 0 Å². The lowest BCUT2D eigenvalue weighted by Crippen LogP contribution is -2.32. The molecule has 0 aliphatic heterocycles. The Bertz CT molecular complexity index is 331. The number of rotatable bonds is 5. The van der Waals surface area contributed by atoms with Crippen molar-refractivity contribution in [1.29, 1.82) is 0 Å². The topological polar surface area (TPSA) is 72.1 Å². The zero-order valence-corrected chi connectivity index (χ0v) is 10.3. The Balaban J connectivity index is 2.30. The van der Waals surface area contributed by atoms with E-state index in [1.54, 1.807) is 37.5 Å². The second-order valence-electron chi connectivity index (χ2n) is 3.59. The number of nitrogens with zero attached hydrogens (tertiary/aromatic N) is 3. The van der Waals surface area contributed by atoms with Gasteiger partial charge in [-0.05, 0) is 6.07 Å². The van der Waals surface area contributed by atoms with E-state index in [1.165, 1.54) is 11.8 Å². The normalized spacial score (nSPS) is 12.2. The molecule has 1 rings (SSSR count). The summed E-state index contributed by atoms with van der Waals surface area (Å²) < 4.78 is 0. The Morgan fingerprint density at radius 3 is 2.69 bits per heavy atom. The lowest BCUT2D eigenvalue weighted by Gasteiger charge is -2.14. The second kappa shape index (κ2) is 6.44. The fourth-order valence-electron chi connectivity index (χ4n) is 1.01. The predicted octanol–water partition coefficient (Wildman–Crippen LogP) is 0.374. The third kappa shape index (κ3) is 4.59. The first-order valence-corrected chi connectivity index (χ1v) is 5.93. The Hall–Kier alpha value is -1.14. The molecule has 0 saturated carbocycles. The van der Waals surface area contributed by atoms with Crippen LogP contribution in [0.25, 0.3) is 0 Å². The SMILES string of the molecule is CN(C)C(=O)C[C@@H](N)CSc1ncccn1. The summed E-state index contributed by atoms with van der Waals surface area (Å²) in [6.45, 7) is 0. The van der Waals surface area contributed by atoms with Crippen molar-refractivity contribution in [1.82, 2.24) is 14.9 Å². The molecule has 6 heteroatoms. The highest BCUT2D eigenvalue weighted by Gasteiger charge is 2.11. The largest absolute Gasteiger partial charge is 0.349 e. The van der Waals surface area contributed by atoms with E-state index in [4.69, 9.17) is 5.73 Å². The lowest BCUT2D eigenvalue weighted by atomic mass is 10.2. The van der Waals surface area contributed by atoms with Gasteiger partial charge in [-0.3, -0.25) is 4.79 Å². The molecule has 0 radical (unpaired) electrons. The van der Waals surface area contributed by atoms with Crippen molar-refractivity contribution < 1.29 is 4.79 Å². The van der Waals surface area contributed by atoms with Gasteiger partial charge in [0.2, 0.25) is 5.91 Å². The number of carbonyl (C=O) groups is 1. The van der Waals surface area contributed by atoms with Gasteiger partial charge in [0.25, 0.3) is 0 Å². The minimum Gasteiger partial charge on any atom is -0.349 e. The quantitative estimate of drug-likeness (QED) is 0.595. The van der Waals surface area contributed by atoms with E-state index < -0.39 is 0 Å². The Morgan fingerprint density at radius 2 is 2.12 bits per heavy atom. The van der Waals surface area contributed by atoms with E-state index in [0.717, 1.165) is 0 Å². The number of hydrogen-bond acceptors (Lipinski definition) is 5. The number of carbonyl (C=O) groups excluding carboxylic acids is 1. The van der Waals surface area contributed by atoms with Gasteiger partial charge < -0.3 is 10.6 Å². The Labute approximate surface area is 99.4 Å². The molecule has 1 atom stereocenters. The van der Waals surface area contributed by atoms with Crippen LogP contribution < -0.4 is 5.73 Å². The van der Waals surface area contributed by atoms with Crippen molar-refractivity contribution in [3.8, 4) is 0 Å². The third-order valence-electron chi connectivity index (χ3n) is 1.90. The zero-order chi connectivity index (χ0) is 12.0. The fourth-order valence-corrected chi connectivity index (χ4v) is 1.76. The Kier molecular flexibility index (Phi) is 5.21. The van der Waals surface area contributed by atoms with Gasteiger partial charge in [-0.1, -0.05) is 11.8 Å². The third-order valence-corrected chi connectivity index (χ3v) is 2.97. The van der Waals surface area contributed by atoms with Crippen LogP contribution in [0.15, 0.2) is 23.6 Å². The molecule has 2 N–H and O–H groups in total. The summed E-state index contributed by atoms with van der Waals surface area (Å²) in [5, 5.41) is 0.690. The predicted molar refractivity (Wildman–Crippen MR) is 64.0 cm³/mol. The maximum absolute atomic E-state index is 11.4. The van der Waals surface area contributed by atoms with Gasteiger partial charge in [-0.2, -0.15) is 0 Å². The molecular weight excluding hydrogens is 224 g/mol. The molecule has 0 aliphatic rings. The molecule has 0 spiro atoms. The summed E-state index contributed by atoms with van der Waals surface area (Å²) >= 11 is 1.46. The van der Waals surface area contributed by atoms with Crippen molar-refractivity contribution in [3.63, 3.8) is 0 Å². The number of amides is 1. The summed E-state index contributed by atoms with van der Waals surface area (Å²) in [6.07, 6.45) is 3.73. The van der Waals surface area contributed by atoms with Crippen LogP contribution in [0.4, 0.5) is 0 Å². The molecule has 5 nitrogen and oxygen atoms in total. The van der Waals surface area contributed by atoms with Crippen LogP contribution in [-0.2, 0) is 4.79 Å². The van der Waals surface area contributed by atoms with Crippen LogP contribution in [-0.4, -0.2) is 46.7 Å². The zero-order valence-electron chi connectivity index (χ0n) is 9.46. The van der Waals surface area contributed by atoms with Crippen LogP contribution in [0.5, 0.6) is 0 Å². The number of hydrogen-bond donors (Lipinski definition) is 1. The van der Waals surface area contributed by atoms with Crippen LogP contribution >= 0.6 is 11.8 Å². The highest BCUT2D eigenvalue weighted by Crippen LogP contribution is 2.12. The van der Waals surface area contributed by atoms with Crippen molar-refractivity contribution in [2.45, 2.75) is 17.6 Å². The first-order valence-electron chi connectivity index (χ1n) is 4.95. The van der Waals surface area contributed by atoms with Crippen LogP contribution in [0.3, 0.4) is 0 Å². The van der Waals surface area contributed by atoms with Crippen molar-refractivity contribution in [2.75, 3.05) is 19.8 Å². The summed E-state index contributed by atoms with van der Waals surface area (Å²) in [5.41, 5.74) is 5.84. The molecule has 1 aromatic rings. The number of nitrogens with two attached hydrogens (primary N) is 1. The van der Waals surface area contributed by atoms with Gasteiger partial charge in [0.1, 0.15) is 0 Å².